The molecule has 2 aromatic rings. The van der Waals surface area contributed by atoms with Gasteiger partial charge in [-0.25, -0.2) is 0 Å². The molecule has 0 aromatic heterocycles. The van der Waals surface area contributed by atoms with Gasteiger partial charge in [-0.3, -0.25) is 4.79 Å². The van der Waals surface area contributed by atoms with E-state index in [-0.39, 0.29) is 18.0 Å². The predicted octanol–water partition coefficient (Wildman–Crippen LogP) is 3.81. The maximum absolute atomic E-state index is 12.2. The lowest BCUT2D eigenvalue weighted by atomic mass is 10.2. The Bertz CT molecular complexity index is 682. The fourth-order valence-corrected chi connectivity index (χ4v) is 2.85. The third-order valence-corrected chi connectivity index (χ3v) is 4.32. The van der Waals surface area contributed by atoms with Crippen molar-refractivity contribution < 1.29 is 19.0 Å². The minimum absolute atomic E-state index is 0.201. The van der Waals surface area contributed by atoms with E-state index in [2.05, 4.69) is 0 Å². The van der Waals surface area contributed by atoms with Crippen molar-refractivity contribution >= 4 is 17.7 Å². The summed E-state index contributed by atoms with van der Waals surface area (Å²) in [5.74, 6) is 1.45. The molecule has 4 nitrogen and oxygen atoms in total. The normalized spacial score (nSPS) is 13.7. The lowest BCUT2D eigenvalue weighted by molar-refractivity contribution is -0.133. The summed E-state index contributed by atoms with van der Waals surface area (Å²) in [7, 11) is 0. The second-order valence-corrected chi connectivity index (χ2v) is 6.42. The molecule has 0 fully saturated rings. The number of benzene rings is 2. The van der Waals surface area contributed by atoms with Crippen molar-refractivity contribution in [3.05, 3.63) is 48.0 Å². The van der Waals surface area contributed by atoms with Crippen LogP contribution in [0.4, 0.5) is 0 Å². The molecule has 1 atom stereocenters. The number of hydrogen-bond acceptors (Lipinski definition) is 5. The molecule has 0 amide bonds. The number of fused-ring (bicyclic) bond motifs is 1. The van der Waals surface area contributed by atoms with Crippen LogP contribution in [0.1, 0.15) is 12.5 Å². The van der Waals surface area contributed by atoms with Gasteiger partial charge in [0, 0.05) is 11.0 Å². The topological polar surface area (TPSA) is 44.8 Å². The van der Waals surface area contributed by atoms with Gasteiger partial charge in [0.25, 0.3) is 0 Å². The van der Waals surface area contributed by atoms with Crippen LogP contribution in [-0.4, -0.2) is 18.0 Å². The van der Waals surface area contributed by atoms with E-state index in [0.717, 1.165) is 4.90 Å². The van der Waals surface area contributed by atoms with Gasteiger partial charge in [0.2, 0.25) is 6.79 Å². The first-order valence-electron chi connectivity index (χ1n) is 6.96. The molecule has 0 unspecified atom stereocenters. The highest BCUT2D eigenvalue weighted by atomic mass is 32.2. The van der Waals surface area contributed by atoms with Crippen molar-refractivity contribution in [3.8, 4) is 17.2 Å². The second-order valence-electron chi connectivity index (χ2n) is 5.01. The van der Waals surface area contributed by atoms with E-state index in [1.807, 2.05) is 38.1 Å². The molecule has 22 heavy (non-hydrogen) atoms. The molecule has 0 radical (unpaired) electrons. The van der Waals surface area contributed by atoms with Crippen LogP contribution in [0.2, 0.25) is 0 Å². The number of carbonyl (C=O) groups is 1. The Labute approximate surface area is 133 Å². The van der Waals surface area contributed by atoms with Gasteiger partial charge in [-0.1, -0.05) is 17.7 Å². The molecule has 0 bridgehead atoms. The van der Waals surface area contributed by atoms with Gasteiger partial charge in [0.05, 0.1) is 0 Å². The zero-order valence-electron chi connectivity index (χ0n) is 12.4. The number of rotatable bonds is 4. The van der Waals surface area contributed by atoms with Crippen molar-refractivity contribution in [2.75, 3.05) is 6.79 Å². The zero-order chi connectivity index (χ0) is 15.5. The van der Waals surface area contributed by atoms with Crippen molar-refractivity contribution in [1.82, 2.24) is 0 Å². The monoisotopic (exact) mass is 316 g/mol. The van der Waals surface area contributed by atoms with Crippen LogP contribution in [-0.2, 0) is 4.79 Å². The Morgan fingerprint density at radius 1 is 1.14 bits per heavy atom. The molecule has 0 saturated heterocycles. The van der Waals surface area contributed by atoms with Gasteiger partial charge >= 0.3 is 5.97 Å². The highest BCUT2D eigenvalue weighted by Gasteiger charge is 2.19. The number of ether oxygens (including phenoxy) is 3. The Morgan fingerprint density at radius 2 is 1.86 bits per heavy atom. The maximum atomic E-state index is 12.2. The molecule has 2 aromatic carbocycles. The molecule has 114 valence electrons. The number of aryl methyl sites for hydroxylation is 1. The van der Waals surface area contributed by atoms with Crippen molar-refractivity contribution in [2.45, 2.75) is 24.0 Å². The van der Waals surface area contributed by atoms with Gasteiger partial charge in [0.1, 0.15) is 11.0 Å². The standard InChI is InChI=1S/C17H16O4S/c1-11-3-6-14(7-4-11)22-12(2)17(18)21-13-5-8-15-16(9-13)20-10-19-15/h3-9,12H,10H2,1-2H3/t12-/m1/s1. The average Bonchev–Trinajstić information content (AvgIpc) is 2.97. The van der Waals surface area contributed by atoms with E-state index >= 15 is 0 Å². The minimum Gasteiger partial charge on any atom is -0.454 e. The summed E-state index contributed by atoms with van der Waals surface area (Å²) in [5, 5.41) is -0.298. The molecular weight excluding hydrogens is 300 g/mol. The van der Waals surface area contributed by atoms with Crippen LogP contribution in [0.5, 0.6) is 17.2 Å². The van der Waals surface area contributed by atoms with E-state index in [1.54, 1.807) is 18.2 Å². The van der Waals surface area contributed by atoms with Gasteiger partial charge in [-0.15, -0.1) is 11.8 Å². The molecule has 3 rings (SSSR count). The molecule has 1 heterocycles. The Morgan fingerprint density at radius 3 is 2.64 bits per heavy atom. The van der Waals surface area contributed by atoms with E-state index in [0.29, 0.717) is 17.2 Å². The summed E-state index contributed by atoms with van der Waals surface area (Å²) >= 11 is 1.47. The largest absolute Gasteiger partial charge is 0.454 e. The van der Waals surface area contributed by atoms with Gasteiger partial charge < -0.3 is 14.2 Å². The van der Waals surface area contributed by atoms with E-state index in [9.17, 15) is 4.79 Å². The van der Waals surface area contributed by atoms with Gasteiger partial charge in [0.15, 0.2) is 11.5 Å². The molecule has 0 spiro atoms. The molecule has 1 aliphatic rings. The molecular formula is C17H16O4S. The average molecular weight is 316 g/mol. The third kappa shape index (κ3) is 3.36. The number of esters is 1. The Hall–Kier alpha value is -2.14. The fourth-order valence-electron chi connectivity index (χ4n) is 2.01. The molecule has 1 aliphatic heterocycles. The van der Waals surface area contributed by atoms with Crippen LogP contribution in [0, 0.1) is 6.92 Å². The van der Waals surface area contributed by atoms with Crippen LogP contribution in [0.3, 0.4) is 0 Å². The van der Waals surface area contributed by atoms with Crippen LogP contribution < -0.4 is 14.2 Å². The summed E-state index contributed by atoms with van der Waals surface area (Å²) in [5.41, 5.74) is 1.19. The summed E-state index contributed by atoms with van der Waals surface area (Å²) in [6.45, 7) is 4.07. The Kier molecular flexibility index (Phi) is 4.24. The van der Waals surface area contributed by atoms with Crippen molar-refractivity contribution in [2.24, 2.45) is 0 Å². The highest BCUT2D eigenvalue weighted by Crippen LogP contribution is 2.35. The maximum Gasteiger partial charge on any atom is 0.324 e. The molecule has 0 saturated carbocycles. The number of carbonyl (C=O) groups excluding carboxylic acids is 1. The lowest BCUT2D eigenvalue weighted by Gasteiger charge is -2.11. The van der Waals surface area contributed by atoms with Gasteiger partial charge in [-0.2, -0.15) is 0 Å². The summed E-state index contributed by atoms with van der Waals surface area (Å²) in [6.07, 6.45) is 0. The van der Waals surface area contributed by atoms with Crippen LogP contribution in [0.15, 0.2) is 47.4 Å². The Balaban J connectivity index is 1.62. The SMILES string of the molecule is Cc1ccc(S[C@H](C)C(=O)Oc2ccc3c(c2)OCO3)cc1. The quantitative estimate of drug-likeness (QED) is 0.487. The summed E-state index contributed by atoms with van der Waals surface area (Å²) in [6, 6.07) is 13.2. The molecule has 5 heteroatoms. The summed E-state index contributed by atoms with van der Waals surface area (Å²) < 4.78 is 15.9. The first-order chi connectivity index (χ1) is 10.6. The zero-order valence-corrected chi connectivity index (χ0v) is 13.2. The van der Waals surface area contributed by atoms with E-state index in [1.165, 1.54) is 17.3 Å². The minimum atomic E-state index is -0.298. The fraction of sp³-hybridized carbons (Fsp3) is 0.235. The van der Waals surface area contributed by atoms with Crippen LogP contribution >= 0.6 is 11.8 Å². The number of hydrogen-bond donors (Lipinski definition) is 0. The predicted molar refractivity (Wildman–Crippen MR) is 84.7 cm³/mol. The van der Waals surface area contributed by atoms with Crippen molar-refractivity contribution in [1.29, 1.82) is 0 Å². The smallest absolute Gasteiger partial charge is 0.324 e. The van der Waals surface area contributed by atoms with E-state index < -0.39 is 0 Å². The van der Waals surface area contributed by atoms with E-state index in [4.69, 9.17) is 14.2 Å². The second kappa shape index (κ2) is 6.32. The van der Waals surface area contributed by atoms with Crippen LogP contribution in [0.25, 0.3) is 0 Å². The van der Waals surface area contributed by atoms with Gasteiger partial charge in [-0.05, 0) is 38.1 Å². The first-order valence-corrected chi connectivity index (χ1v) is 7.84. The lowest BCUT2D eigenvalue weighted by Crippen LogP contribution is -2.19. The summed E-state index contributed by atoms with van der Waals surface area (Å²) in [4.78, 5) is 13.2. The highest BCUT2D eigenvalue weighted by molar-refractivity contribution is 8.00. The third-order valence-electron chi connectivity index (χ3n) is 3.23. The number of thioether (sulfide) groups is 1. The van der Waals surface area contributed by atoms with Crippen molar-refractivity contribution in [3.63, 3.8) is 0 Å². The first kappa shape index (κ1) is 14.8. The molecule has 0 aliphatic carbocycles. The molecule has 0 N–H and O–H groups in total.